The average molecular weight is 1310 g/mol. The smallest absolute Gasteiger partial charge is 0.328 e. The number of nitrogens with zero attached hydrogens (tertiary/aromatic N) is 1. The van der Waals surface area contributed by atoms with Crippen molar-refractivity contribution < 1.29 is 62.9 Å². The number of carboxylic acid groups (broad SMARTS) is 2. The quantitative estimate of drug-likeness (QED) is 0.0484. The summed E-state index contributed by atoms with van der Waals surface area (Å²) in [6, 6.07) is 60.0. The monoisotopic (exact) mass is 1310 g/mol. The minimum absolute atomic E-state index is 0.0155. The SMILES string of the molecule is CC(=O)/C=C/c1ccc(Oc2c(-c3ccccc3C(C)C)sc3cc(O)ccc23)cc1.CN(C)Cc1ccccc1-c1sc2cc(O)ccc2c1Oc1ccc(/C=C/C(=O)O)cc1.O=C(O)/C=C/c1ccc(Oc2c(-c3ccccc3C(F)F)sc3cc(O)ccc23)cc1. The Morgan fingerprint density at radius 3 is 1.16 bits per heavy atom. The van der Waals surface area contributed by atoms with Gasteiger partial charge >= 0.3 is 11.9 Å². The van der Waals surface area contributed by atoms with Crippen molar-refractivity contribution in [1.82, 2.24) is 4.90 Å². The van der Waals surface area contributed by atoms with E-state index in [0.717, 1.165) is 88.1 Å². The van der Waals surface area contributed by atoms with E-state index in [1.807, 2.05) is 93.0 Å². The van der Waals surface area contributed by atoms with Gasteiger partial charge in [-0.25, -0.2) is 18.4 Å². The van der Waals surface area contributed by atoms with Crippen molar-refractivity contribution in [3.63, 3.8) is 0 Å². The summed E-state index contributed by atoms with van der Waals surface area (Å²) in [5.41, 5.74) is 7.35. The van der Waals surface area contributed by atoms with E-state index >= 15 is 0 Å². The lowest BCUT2D eigenvalue weighted by molar-refractivity contribution is -0.132. The third-order valence-corrected chi connectivity index (χ3v) is 18.0. The number of aliphatic carboxylic acids is 2. The fourth-order valence-corrected chi connectivity index (χ4v) is 13.8. The van der Waals surface area contributed by atoms with Gasteiger partial charge in [-0.15, -0.1) is 34.0 Å². The number of thiophene rings is 3. The van der Waals surface area contributed by atoms with Crippen molar-refractivity contribution in [2.45, 2.75) is 39.7 Å². The van der Waals surface area contributed by atoms with Crippen LogP contribution in [-0.2, 0) is 20.9 Å². The van der Waals surface area contributed by atoms with Gasteiger partial charge < -0.3 is 44.6 Å². The third kappa shape index (κ3) is 16.5. The van der Waals surface area contributed by atoms with E-state index in [-0.39, 0.29) is 28.6 Å². The van der Waals surface area contributed by atoms with Gasteiger partial charge in [0.05, 0.1) is 14.6 Å². The van der Waals surface area contributed by atoms with E-state index in [9.17, 15) is 38.5 Å². The van der Waals surface area contributed by atoms with Crippen LogP contribution >= 0.6 is 34.0 Å². The van der Waals surface area contributed by atoms with Crippen molar-refractivity contribution in [2.24, 2.45) is 0 Å². The molecule has 0 aliphatic heterocycles. The molecule has 0 atom stereocenters. The lowest BCUT2D eigenvalue weighted by atomic mass is 9.96. The summed E-state index contributed by atoms with van der Waals surface area (Å²) >= 11 is 4.47. The molecule has 17 heteroatoms. The molecule has 0 aliphatic carbocycles. The molecule has 0 spiro atoms. The number of halogens is 2. The van der Waals surface area contributed by atoms with Gasteiger partial charge in [0.25, 0.3) is 6.43 Å². The van der Waals surface area contributed by atoms with E-state index < -0.39 is 18.4 Å². The molecule has 0 amide bonds. The Bertz CT molecular complexity index is 4590. The summed E-state index contributed by atoms with van der Waals surface area (Å²) in [7, 11) is 4.08. The summed E-state index contributed by atoms with van der Waals surface area (Å²) < 4.78 is 48.8. The Morgan fingerprint density at radius 2 is 0.798 bits per heavy atom. The number of hydrogen-bond donors (Lipinski definition) is 5. The standard InChI is InChI=1S/C27H24O3S.C26H23NO4S.C24H16F2O4S/c1-17(2)22-6-4-5-7-23(22)27-26(24-15-12-20(29)16-25(24)31-27)30-21-13-10-19(11-14-21)9-8-18(3)28;1-27(2)16-18-5-3-4-6-21(18)26-25(22-13-10-19(28)15-23(22)32-26)31-20-11-7-17(8-12-20)9-14-24(29)30;25-24(26)18-4-2-1-3-17(18)23-22(19-11-8-15(27)13-20(19)31-23)30-16-9-5-14(6-10-16)7-12-21(28)29/h4-17,29H,1-3H3;3-15,28H,16H2,1-2H3,(H,29,30);1-13,24,27H,(H,28,29)/b9-8+;14-9+;12-7+. The first-order chi connectivity index (χ1) is 45.2. The highest BCUT2D eigenvalue weighted by molar-refractivity contribution is 7.23. The largest absolute Gasteiger partial charge is 0.508 e. The zero-order valence-electron chi connectivity index (χ0n) is 51.5. The van der Waals surface area contributed by atoms with Crippen LogP contribution in [0.25, 0.3) is 79.8 Å². The Kier molecular flexibility index (Phi) is 21.3. The van der Waals surface area contributed by atoms with Crippen LogP contribution in [0.1, 0.15) is 66.5 Å². The van der Waals surface area contributed by atoms with Crippen LogP contribution in [0.3, 0.4) is 0 Å². The number of carbonyl (C=O) groups is 3. The molecule has 0 fully saturated rings. The Hall–Kier alpha value is -10.7. The lowest BCUT2D eigenvalue weighted by Crippen LogP contribution is -2.11. The number of allylic oxidation sites excluding steroid dienone is 1. The van der Waals surface area contributed by atoms with Crippen LogP contribution in [-0.4, -0.2) is 62.2 Å². The zero-order valence-corrected chi connectivity index (χ0v) is 53.9. The highest BCUT2D eigenvalue weighted by Gasteiger charge is 2.24. The summed E-state index contributed by atoms with van der Waals surface area (Å²) in [5, 5.41) is 50.0. The number of carboxylic acids is 2. The molecule has 0 saturated carbocycles. The molecule has 3 heterocycles. The van der Waals surface area contributed by atoms with Crippen LogP contribution in [0.15, 0.2) is 218 Å². The predicted octanol–water partition coefficient (Wildman–Crippen LogP) is 21.1. The molecular weight excluding hydrogens is 1250 g/mol. The minimum atomic E-state index is -2.65. The molecule has 9 aromatic carbocycles. The van der Waals surface area contributed by atoms with Gasteiger partial charge in [-0.05, 0) is 175 Å². The number of ether oxygens (including phenoxy) is 3. The zero-order chi connectivity index (χ0) is 66.6. The topological polar surface area (TPSA) is 183 Å². The van der Waals surface area contributed by atoms with Gasteiger partial charge in [0.2, 0.25) is 0 Å². The number of rotatable bonds is 19. The van der Waals surface area contributed by atoms with Crippen molar-refractivity contribution in [3.05, 3.63) is 252 Å². The number of ketones is 1. The molecule has 12 nitrogen and oxygen atoms in total. The Balaban J connectivity index is 0.000000154. The molecule has 0 bridgehead atoms. The molecule has 0 unspecified atom stereocenters. The fourth-order valence-electron chi connectivity index (χ4n) is 10.2. The van der Waals surface area contributed by atoms with Crippen LogP contribution in [0.5, 0.6) is 51.7 Å². The van der Waals surface area contributed by atoms with Gasteiger partial charge in [-0.2, -0.15) is 0 Å². The number of phenolic OH excluding ortho intramolecular Hbond substituents is 3. The molecule has 12 aromatic rings. The Labute approximate surface area is 553 Å². The first-order valence-electron chi connectivity index (χ1n) is 29.6. The highest BCUT2D eigenvalue weighted by Crippen LogP contribution is 2.52. The van der Waals surface area contributed by atoms with Crippen molar-refractivity contribution >= 4 is 100 Å². The molecule has 3 aromatic heterocycles. The third-order valence-electron chi connectivity index (χ3n) is 14.5. The second-order valence-electron chi connectivity index (χ2n) is 22.1. The molecule has 0 aliphatic rings. The number of benzene rings is 9. The van der Waals surface area contributed by atoms with E-state index in [0.29, 0.717) is 49.3 Å². The maximum Gasteiger partial charge on any atom is 0.328 e. The predicted molar refractivity (Wildman–Crippen MR) is 376 cm³/mol. The number of aromatic hydroxyl groups is 3. The number of fused-ring (bicyclic) bond motifs is 3. The molecule has 12 rings (SSSR count). The van der Waals surface area contributed by atoms with E-state index in [1.165, 1.54) is 53.7 Å². The molecule has 474 valence electrons. The highest BCUT2D eigenvalue weighted by atomic mass is 32.1. The number of hydrogen-bond acceptors (Lipinski definition) is 13. The van der Waals surface area contributed by atoms with E-state index in [4.69, 9.17) is 24.4 Å². The second kappa shape index (κ2) is 30.2. The molecular formula is C77H63F2NO11S3. The second-order valence-corrected chi connectivity index (χ2v) is 25.3. The van der Waals surface area contributed by atoms with Crippen LogP contribution in [0.2, 0.25) is 0 Å². The van der Waals surface area contributed by atoms with Crippen molar-refractivity contribution in [2.75, 3.05) is 14.1 Å². The van der Waals surface area contributed by atoms with Crippen molar-refractivity contribution in [1.29, 1.82) is 0 Å². The molecule has 94 heavy (non-hydrogen) atoms. The van der Waals surface area contributed by atoms with E-state index in [2.05, 4.69) is 49.1 Å². The van der Waals surface area contributed by atoms with Gasteiger partial charge in [0.15, 0.2) is 23.0 Å². The number of alkyl halides is 2. The fraction of sp³-hybridized carbons (Fsp3) is 0.104. The van der Waals surface area contributed by atoms with E-state index in [1.54, 1.807) is 114 Å². The normalized spacial score (nSPS) is 11.5. The number of phenols is 3. The van der Waals surface area contributed by atoms with Gasteiger partial charge in [0, 0.05) is 60.1 Å². The Morgan fingerprint density at radius 1 is 0.457 bits per heavy atom. The molecule has 0 saturated heterocycles. The maximum atomic E-state index is 13.6. The molecule has 5 N–H and O–H groups in total. The average Bonchev–Trinajstić information content (AvgIpc) is 1.65. The lowest BCUT2D eigenvalue weighted by Gasteiger charge is -2.15. The molecule has 0 radical (unpaired) electrons. The summed E-state index contributed by atoms with van der Waals surface area (Å²) in [6.45, 7) is 6.70. The summed E-state index contributed by atoms with van der Waals surface area (Å²) in [4.78, 5) is 37.3. The van der Waals surface area contributed by atoms with Gasteiger partial charge in [0.1, 0.15) is 34.5 Å². The van der Waals surface area contributed by atoms with Crippen LogP contribution in [0.4, 0.5) is 8.78 Å². The first kappa shape index (κ1) is 66.2. The number of carbonyl (C=O) groups excluding carboxylic acids is 1. The van der Waals surface area contributed by atoms with Crippen LogP contribution in [0, 0.1) is 0 Å². The van der Waals surface area contributed by atoms with Crippen LogP contribution < -0.4 is 14.2 Å². The maximum absolute atomic E-state index is 13.6. The van der Waals surface area contributed by atoms with Crippen molar-refractivity contribution in [3.8, 4) is 83.1 Å². The minimum Gasteiger partial charge on any atom is -0.508 e. The summed E-state index contributed by atoms with van der Waals surface area (Å²) in [6.07, 6.45) is 5.83. The first-order valence-corrected chi connectivity index (χ1v) is 32.0. The van der Waals surface area contributed by atoms with Gasteiger partial charge in [-0.3, -0.25) is 4.79 Å². The summed E-state index contributed by atoms with van der Waals surface area (Å²) in [5.74, 6) is 2.67. The van der Waals surface area contributed by atoms with Gasteiger partial charge in [-0.1, -0.05) is 129 Å².